The van der Waals surface area contributed by atoms with E-state index in [9.17, 15) is 4.79 Å². The number of anilines is 4. The minimum absolute atomic E-state index is 0.160. The summed E-state index contributed by atoms with van der Waals surface area (Å²) in [5.74, 6) is 1.25. The highest BCUT2D eigenvalue weighted by Crippen LogP contribution is 2.28. The monoisotopic (exact) mass is 539 g/mol. The number of nitrogen functional groups attached to an aromatic ring is 1. The first-order valence-electron chi connectivity index (χ1n) is 14.3. The molecule has 4 heterocycles. The second kappa shape index (κ2) is 12.1. The fourth-order valence-corrected chi connectivity index (χ4v) is 5.79. The Kier molecular flexibility index (Phi) is 7.92. The normalized spacial score (nSPS) is 16.9. The second-order valence-electron chi connectivity index (χ2n) is 10.7. The van der Waals surface area contributed by atoms with Crippen molar-refractivity contribution in [1.82, 2.24) is 19.4 Å². The fraction of sp³-hybridized carbons (Fsp3) is 0.387. The molecule has 40 heavy (non-hydrogen) atoms. The Balaban J connectivity index is 1.08. The largest absolute Gasteiger partial charge is 0.394 e. The number of piperidine rings is 1. The molecule has 2 aromatic carbocycles. The van der Waals surface area contributed by atoms with Crippen molar-refractivity contribution in [3.05, 3.63) is 77.2 Å². The molecule has 2 saturated heterocycles. The lowest BCUT2D eigenvalue weighted by Crippen LogP contribution is -2.37. The number of rotatable bonds is 8. The summed E-state index contributed by atoms with van der Waals surface area (Å²) in [6, 6.07) is 19.5. The van der Waals surface area contributed by atoms with E-state index in [0.717, 1.165) is 51.0 Å². The summed E-state index contributed by atoms with van der Waals surface area (Å²) >= 11 is 0. The van der Waals surface area contributed by atoms with Gasteiger partial charge in [0.15, 0.2) is 5.65 Å². The van der Waals surface area contributed by atoms with E-state index in [1.165, 1.54) is 42.5 Å². The van der Waals surface area contributed by atoms with Gasteiger partial charge in [0.1, 0.15) is 0 Å². The van der Waals surface area contributed by atoms with E-state index in [0.29, 0.717) is 22.7 Å². The molecule has 9 nitrogen and oxygen atoms in total. The van der Waals surface area contributed by atoms with Crippen LogP contribution >= 0.6 is 0 Å². The maximum atomic E-state index is 12.9. The van der Waals surface area contributed by atoms with Gasteiger partial charge in [-0.3, -0.25) is 14.3 Å². The first-order valence-corrected chi connectivity index (χ1v) is 14.3. The molecule has 0 bridgehead atoms. The zero-order chi connectivity index (χ0) is 27.3. The van der Waals surface area contributed by atoms with Crippen molar-refractivity contribution < 1.29 is 4.74 Å². The predicted octanol–water partition coefficient (Wildman–Crippen LogP) is 4.44. The Hall–Kier alpha value is -3.95. The molecule has 0 aliphatic carbocycles. The maximum Gasteiger partial charge on any atom is 0.279 e. The third-order valence-corrected chi connectivity index (χ3v) is 8.08. The third kappa shape index (κ3) is 5.95. The van der Waals surface area contributed by atoms with Crippen LogP contribution in [-0.2, 0) is 4.74 Å². The Morgan fingerprint density at radius 2 is 1.70 bits per heavy atom. The van der Waals surface area contributed by atoms with Gasteiger partial charge in [0.2, 0.25) is 5.95 Å². The highest BCUT2D eigenvalue weighted by molar-refractivity contribution is 5.80. The van der Waals surface area contributed by atoms with Gasteiger partial charge in [-0.15, -0.1) is 0 Å². The number of fused-ring (bicyclic) bond motifs is 1. The molecule has 208 valence electrons. The van der Waals surface area contributed by atoms with Crippen LogP contribution in [0.3, 0.4) is 0 Å². The molecule has 2 aromatic heterocycles. The van der Waals surface area contributed by atoms with Gasteiger partial charge < -0.3 is 20.7 Å². The molecule has 4 aromatic rings. The number of morpholine rings is 1. The van der Waals surface area contributed by atoms with Gasteiger partial charge in [0, 0.05) is 49.1 Å². The fourth-order valence-electron chi connectivity index (χ4n) is 5.79. The number of ether oxygens (including phenoxy) is 1. The lowest BCUT2D eigenvalue weighted by molar-refractivity contribution is 0.0365. The number of nitrogens with one attached hydrogen (secondary N) is 1. The van der Waals surface area contributed by atoms with Crippen molar-refractivity contribution in [2.75, 3.05) is 61.9 Å². The van der Waals surface area contributed by atoms with E-state index in [1.807, 2.05) is 30.3 Å². The minimum Gasteiger partial charge on any atom is -0.394 e. The second-order valence-corrected chi connectivity index (χ2v) is 10.7. The molecule has 2 aliphatic rings. The van der Waals surface area contributed by atoms with Gasteiger partial charge in [-0.2, -0.15) is 4.98 Å². The molecule has 2 fully saturated rings. The van der Waals surface area contributed by atoms with Crippen molar-refractivity contribution in [1.29, 1.82) is 0 Å². The molecular formula is C31H37N7O2. The number of hydrogen-bond donors (Lipinski definition) is 2. The van der Waals surface area contributed by atoms with E-state index >= 15 is 0 Å². The molecule has 0 amide bonds. The first-order chi connectivity index (χ1) is 19.6. The highest BCUT2D eigenvalue weighted by atomic mass is 16.5. The molecule has 0 spiro atoms. The number of hydrogen-bond acceptors (Lipinski definition) is 8. The van der Waals surface area contributed by atoms with Crippen molar-refractivity contribution in [3.8, 4) is 5.69 Å². The Morgan fingerprint density at radius 3 is 2.45 bits per heavy atom. The third-order valence-electron chi connectivity index (χ3n) is 8.08. The number of benzene rings is 2. The zero-order valence-electron chi connectivity index (χ0n) is 22.8. The van der Waals surface area contributed by atoms with Gasteiger partial charge in [-0.1, -0.05) is 18.2 Å². The summed E-state index contributed by atoms with van der Waals surface area (Å²) in [6.45, 7) is 7.34. The van der Waals surface area contributed by atoms with Crippen LogP contribution in [0.15, 0.2) is 71.7 Å². The molecule has 0 atom stereocenters. The molecule has 0 radical (unpaired) electrons. The number of para-hydroxylation sites is 1. The molecule has 6 rings (SSSR count). The molecule has 0 saturated carbocycles. The van der Waals surface area contributed by atoms with E-state index in [1.54, 1.807) is 12.3 Å². The predicted molar refractivity (Wildman–Crippen MR) is 161 cm³/mol. The van der Waals surface area contributed by atoms with Crippen molar-refractivity contribution in [3.63, 3.8) is 0 Å². The smallest absolute Gasteiger partial charge is 0.279 e. The van der Waals surface area contributed by atoms with Gasteiger partial charge in [-0.05, 0) is 80.6 Å². The van der Waals surface area contributed by atoms with Gasteiger partial charge >= 0.3 is 0 Å². The lowest BCUT2D eigenvalue weighted by atomic mass is 9.92. The zero-order valence-corrected chi connectivity index (χ0v) is 22.8. The van der Waals surface area contributed by atoms with Crippen LogP contribution in [0.5, 0.6) is 0 Å². The summed E-state index contributed by atoms with van der Waals surface area (Å²) in [6.07, 6.45) is 6.81. The topological polar surface area (TPSA) is 102 Å². The SMILES string of the molecule is Nc1cc2cnc(Nc3ccc(N4CCC(CCCN5CCOCC5)CC4)cc3)nc2n(-c2ccccc2)c1=O. The molecular weight excluding hydrogens is 502 g/mol. The standard InChI is InChI=1S/C31H37N7O2/c32-28-21-24-22-33-31(35-29(24)38(30(28)39)27-6-2-1-3-7-27)34-25-8-10-26(11-9-25)37-15-12-23(13-16-37)5-4-14-36-17-19-40-20-18-36/h1-3,6-11,21-23H,4-5,12-20,32H2,(H,33,34,35). The van der Waals surface area contributed by atoms with Crippen LogP contribution < -0.4 is 21.5 Å². The molecule has 9 heteroatoms. The van der Waals surface area contributed by atoms with E-state index in [2.05, 4.69) is 49.4 Å². The Bertz CT molecular complexity index is 1480. The highest BCUT2D eigenvalue weighted by Gasteiger charge is 2.20. The van der Waals surface area contributed by atoms with Crippen LogP contribution in [0.4, 0.5) is 23.0 Å². The number of aromatic nitrogens is 3. The summed E-state index contributed by atoms with van der Waals surface area (Å²) in [5, 5.41) is 4.00. The average Bonchev–Trinajstić information content (AvgIpc) is 3.00. The summed E-state index contributed by atoms with van der Waals surface area (Å²) in [4.78, 5) is 27.1. The van der Waals surface area contributed by atoms with Crippen LogP contribution in [-0.4, -0.2) is 65.4 Å². The van der Waals surface area contributed by atoms with Crippen molar-refractivity contribution >= 4 is 34.0 Å². The van der Waals surface area contributed by atoms with Gasteiger partial charge in [0.25, 0.3) is 5.56 Å². The van der Waals surface area contributed by atoms with Crippen molar-refractivity contribution in [2.45, 2.75) is 25.7 Å². The first kappa shape index (κ1) is 26.3. The number of nitrogens with two attached hydrogens (primary N) is 1. The van der Waals surface area contributed by atoms with E-state index in [4.69, 9.17) is 10.5 Å². The van der Waals surface area contributed by atoms with E-state index < -0.39 is 0 Å². The minimum atomic E-state index is -0.298. The molecule has 2 aliphatic heterocycles. The number of pyridine rings is 1. The molecule has 3 N–H and O–H groups in total. The van der Waals surface area contributed by atoms with Gasteiger partial charge in [0.05, 0.1) is 24.6 Å². The summed E-state index contributed by atoms with van der Waals surface area (Å²) in [5.41, 5.74) is 9.22. The quantitative estimate of drug-likeness (QED) is 0.339. The van der Waals surface area contributed by atoms with Crippen LogP contribution in [0.2, 0.25) is 0 Å². The summed E-state index contributed by atoms with van der Waals surface area (Å²) < 4.78 is 6.99. The van der Waals surface area contributed by atoms with Crippen molar-refractivity contribution in [2.24, 2.45) is 5.92 Å². The van der Waals surface area contributed by atoms with E-state index in [-0.39, 0.29) is 11.2 Å². The molecule has 0 unspecified atom stereocenters. The summed E-state index contributed by atoms with van der Waals surface area (Å²) in [7, 11) is 0. The lowest BCUT2D eigenvalue weighted by Gasteiger charge is -2.34. The van der Waals surface area contributed by atoms with Crippen LogP contribution in [0.1, 0.15) is 25.7 Å². The van der Waals surface area contributed by atoms with Gasteiger partial charge in [-0.25, -0.2) is 4.98 Å². The van der Waals surface area contributed by atoms with Crippen LogP contribution in [0.25, 0.3) is 16.7 Å². The maximum absolute atomic E-state index is 12.9. The number of nitrogens with zero attached hydrogens (tertiary/aromatic N) is 5. The van der Waals surface area contributed by atoms with Crippen LogP contribution in [0, 0.1) is 5.92 Å². The Morgan fingerprint density at radius 1 is 0.950 bits per heavy atom. The Labute approximate surface area is 234 Å². The average molecular weight is 540 g/mol.